The van der Waals surface area contributed by atoms with Crippen molar-refractivity contribution >= 4 is 33.8 Å². The van der Waals surface area contributed by atoms with Gasteiger partial charge in [0.15, 0.2) is 0 Å². The van der Waals surface area contributed by atoms with Crippen LogP contribution in [-0.2, 0) is 0 Å². The van der Waals surface area contributed by atoms with Gasteiger partial charge < -0.3 is 0 Å². The predicted molar refractivity (Wildman–Crippen MR) is 120 cm³/mol. The van der Waals surface area contributed by atoms with Crippen molar-refractivity contribution < 1.29 is 0 Å². The van der Waals surface area contributed by atoms with Crippen LogP contribution in [0.4, 0.5) is 5.13 Å². The minimum absolute atomic E-state index is 0.110. The van der Waals surface area contributed by atoms with E-state index in [0.29, 0.717) is 0 Å². The molecule has 1 aliphatic rings. The van der Waals surface area contributed by atoms with Crippen LogP contribution in [-0.4, -0.2) is 15.7 Å². The number of nitrogens with zero attached hydrogens (tertiary/aromatic N) is 4. The lowest BCUT2D eigenvalue weighted by molar-refractivity contribution is 0.706. The molecule has 4 nitrogen and oxygen atoms in total. The molecule has 3 heterocycles. The molecule has 1 unspecified atom stereocenters. The molecule has 0 N–H and O–H groups in total. The maximum absolute atomic E-state index is 6.07. The molecule has 0 radical (unpaired) electrons. The average molecular weight is 417 g/mol. The summed E-state index contributed by atoms with van der Waals surface area (Å²) in [6.07, 6.45) is 4.39. The topological polar surface area (TPSA) is 41.4 Å². The molecule has 142 valence electrons. The third-order valence-corrected chi connectivity index (χ3v) is 6.02. The van der Waals surface area contributed by atoms with Gasteiger partial charge in [0.1, 0.15) is 0 Å². The van der Waals surface area contributed by atoms with Gasteiger partial charge in [-0.1, -0.05) is 54.1 Å². The van der Waals surface area contributed by atoms with Crippen LogP contribution in [0.2, 0.25) is 5.02 Å². The summed E-state index contributed by atoms with van der Waals surface area (Å²) in [5, 5.41) is 10.7. The standard InChI is InChI=1S/C23H17ClN4S/c24-19-8-6-16(7-9-19)20-14-22(18-4-2-1-3-5-18)28(27-20)23-26-21(15-29-23)17-10-12-25-13-11-17/h1-13,15,22H,14H2. The highest BCUT2D eigenvalue weighted by Crippen LogP contribution is 2.39. The molecule has 5 rings (SSSR count). The highest BCUT2D eigenvalue weighted by molar-refractivity contribution is 7.14. The van der Waals surface area contributed by atoms with Crippen LogP contribution < -0.4 is 5.01 Å². The Labute approximate surface area is 178 Å². The number of rotatable bonds is 4. The number of anilines is 1. The van der Waals surface area contributed by atoms with E-state index in [2.05, 4.69) is 39.6 Å². The molecule has 2 aromatic heterocycles. The molecule has 0 saturated carbocycles. The summed E-state index contributed by atoms with van der Waals surface area (Å²) >= 11 is 7.67. The smallest absolute Gasteiger partial charge is 0.207 e. The monoisotopic (exact) mass is 416 g/mol. The van der Waals surface area contributed by atoms with Gasteiger partial charge in [0, 0.05) is 34.8 Å². The number of hydrogen-bond acceptors (Lipinski definition) is 5. The summed E-state index contributed by atoms with van der Waals surface area (Å²) in [6.45, 7) is 0. The Kier molecular flexibility index (Phi) is 4.84. The van der Waals surface area contributed by atoms with Crippen LogP contribution in [0.15, 0.2) is 89.6 Å². The third kappa shape index (κ3) is 3.67. The zero-order valence-electron chi connectivity index (χ0n) is 15.4. The largest absolute Gasteiger partial charge is 0.265 e. The summed E-state index contributed by atoms with van der Waals surface area (Å²) < 4.78 is 0. The van der Waals surface area contributed by atoms with E-state index in [0.717, 1.165) is 39.1 Å². The van der Waals surface area contributed by atoms with E-state index >= 15 is 0 Å². The van der Waals surface area contributed by atoms with E-state index in [1.165, 1.54) is 5.56 Å². The first-order chi connectivity index (χ1) is 14.3. The van der Waals surface area contributed by atoms with Gasteiger partial charge in [0.2, 0.25) is 5.13 Å². The maximum atomic E-state index is 6.07. The minimum atomic E-state index is 0.110. The number of aromatic nitrogens is 2. The molecule has 0 fully saturated rings. The molecule has 0 amide bonds. The molecule has 0 aliphatic carbocycles. The fourth-order valence-electron chi connectivity index (χ4n) is 3.46. The van der Waals surface area contributed by atoms with Crippen molar-refractivity contribution in [2.24, 2.45) is 5.10 Å². The first-order valence-electron chi connectivity index (χ1n) is 9.31. The number of thiazole rings is 1. The van der Waals surface area contributed by atoms with Gasteiger partial charge in [-0.15, -0.1) is 11.3 Å². The summed E-state index contributed by atoms with van der Waals surface area (Å²) in [6, 6.07) is 22.4. The number of hydrazone groups is 1. The second kappa shape index (κ2) is 7.78. The van der Waals surface area contributed by atoms with Gasteiger partial charge in [-0.3, -0.25) is 4.98 Å². The van der Waals surface area contributed by atoms with E-state index in [1.807, 2.05) is 42.5 Å². The minimum Gasteiger partial charge on any atom is -0.265 e. The Bertz CT molecular complexity index is 1140. The molecule has 1 aliphatic heterocycles. The van der Waals surface area contributed by atoms with Gasteiger partial charge in [0.25, 0.3) is 0 Å². The summed E-state index contributed by atoms with van der Waals surface area (Å²) in [5.41, 5.74) is 5.34. The molecule has 29 heavy (non-hydrogen) atoms. The van der Waals surface area contributed by atoms with Crippen molar-refractivity contribution in [1.82, 2.24) is 9.97 Å². The van der Waals surface area contributed by atoms with E-state index in [1.54, 1.807) is 23.7 Å². The molecule has 0 spiro atoms. The van der Waals surface area contributed by atoms with Crippen molar-refractivity contribution in [2.45, 2.75) is 12.5 Å². The zero-order valence-corrected chi connectivity index (χ0v) is 17.0. The Morgan fingerprint density at radius 2 is 1.66 bits per heavy atom. The quantitative estimate of drug-likeness (QED) is 0.397. The van der Waals surface area contributed by atoms with E-state index in [-0.39, 0.29) is 6.04 Å². The van der Waals surface area contributed by atoms with Gasteiger partial charge in [-0.05, 0) is 35.4 Å². The van der Waals surface area contributed by atoms with Crippen molar-refractivity contribution in [1.29, 1.82) is 0 Å². The van der Waals surface area contributed by atoms with E-state index < -0.39 is 0 Å². The zero-order chi connectivity index (χ0) is 19.6. The molecule has 2 aromatic carbocycles. The molecular weight excluding hydrogens is 400 g/mol. The highest BCUT2D eigenvalue weighted by Gasteiger charge is 2.31. The van der Waals surface area contributed by atoms with Crippen molar-refractivity contribution in [3.63, 3.8) is 0 Å². The Morgan fingerprint density at radius 3 is 2.41 bits per heavy atom. The first-order valence-corrected chi connectivity index (χ1v) is 10.6. The van der Waals surface area contributed by atoms with Crippen LogP contribution in [0.1, 0.15) is 23.6 Å². The third-order valence-electron chi connectivity index (χ3n) is 4.94. The number of pyridine rings is 1. The Morgan fingerprint density at radius 1 is 0.897 bits per heavy atom. The molecule has 0 saturated heterocycles. The van der Waals surface area contributed by atoms with Crippen LogP contribution in [0, 0.1) is 0 Å². The lowest BCUT2D eigenvalue weighted by Crippen LogP contribution is -2.18. The summed E-state index contributed by atoms with van der Waals surface area (Å²) in [7, 11) is 0. The van der Waals surface area contributed by atoms with Gasteiger partial charge in [0.05, 0.1) is 17.4 Å². The van der Waals surface area contributed by atoms with Crippen LogP contribution >= 0.6 is 22.9 Å². The highest BCUT2D eigenvalue weighted by atomic mass is 35.5. The van der Waals surface area contributed by atoms with Crippen LogP contribution in [0.25, 0.3) is 11.3 Å². The normalized spacial score (nSPS) is 16.1. The van der Waals surface area contributed by atoms with Gasteiger partial charge in [-0.2, -0.15) is 5.10 Å². The Hall–Kier alpha value is -3.02. The SMILES string of the molecule is Clc1ccc(C2=NN(c3nc(-c4ccncc4)cs3)C(c3ccccc3)C2)cc1. The van der Waals surface area contributed by atoms with Gasteiger partial charge in [-0.25, -0.2) is 9.99 Å². The lowest BCUT2D eigenvalue weighted by Gasteiger charge is -2.21. The fourth-order valence-corrected chi connectivity index (χ4v) is 4.42. The van der Waals surface area contributed by atoms with Crippen LogP contribution in [0.5, 0.6) is 0 Å². The predicted octanol–water partition coefficient (Wildman–Crippen LogP) is 6.21. The van der Waals surface area contributed by atoms with E-state index in [9.17, 15) is 0 Å². The summed E-state index contributed by atoms with van der Waals surface area (Å²) in [4.78, 5) is 8.96. The molecule has 6 heteroatoms. The van der Waals surface area contributed by atoms with Gasteiger partial charge >= 0.3 is 0 Å². The molecule has 0 bridgehead atoms. The fraction of sp³-hybridized carbons (Fsp3) is 0.0870. The molecular formula is C23H17ClN4S. The van der Waals surface area contributed by atoms with E-state index in [4.69, 9.17) is 21.7 Å². The van der Waals surface area contributed by atoms with Crippen LogP contribution in [0.3, 0.4) is 0 Å². The first kappa shape index (κ1) is 18.0. The average Bonchev–Trinajstić information content (AvgIpc) is 3.43. The second-order valence-electron chi connectivity index (χ2n) is 6.78. The number of benzene rings is 2. The van der Waals surface area contributed by atoms with Crippen molar-refractivity contribution in [2.75, 3.05) is 5.01 Å². The number of halogens is 1. The van der Waals surface area contributed by atoms with Crippen molar-refractivity contribution in [3.8, 4) is 11.3 Å². The maximum Gasteiger partial charge on any atom is 0.207 e. The lowest BCUT2D eigenvalue weighted by atomic mass is 9.99. The Balaban J connectivity index is 1.53. The molecule has 1 atom stereocenters. The van der Waals surface area contributed by atoms with Crippen molar-refractivity contribution in [3.05, 3.63) is 101 Å². The second-order valence-corrected chi connectivity index (χ2v) is 8.05. The molecule has 4 aromatic rings. The summed E-state index contributed by atoms with van der Waals surface area (Å²) in [5.74, 6) is 0. The number of hydrogen-bond donors (Lipinski definition) is 0.